The lowest BCUT2D eigenvalue weighted by Crippen LogP contribution is -2.26. The van der Waals surface area contributed by atoms with Crippen LogP contribution >= 0.6 is 0 Å². The van der Waals surface area contributed by atoms with Crippen LogP contribution in [0.25, 0.3) is 0 Å². The monoisotopic (exact) mass is 155 g/mol. The van der Waals surface area contributed by atoms with Gasteiger partial charge in [0.05, 0.1) is 0 Å². The first-order valence-corrected chi connectivity index (χ1v) is 2.92. The van der Waals surface area contributed by atoms with Gasteiger partial charge in [-0.25, -0.2) is 0 Å². The van der Waals surface area contributed by atoms with Crippen molar-refractivity contribution >= 4 is 11.6 Å². The standard InChI is InChI=1S/C5H9N5O/c1-2-3(6)9-5(8)10(11)4(2)7/h11H,7H2,1H3,(H3,6,8,9). The van der Waals surface area contributed by atoms with E-state index in [1.807, 2.05) is 0 Å². The molecular weight excluding hydrogens is 146 g/mol. The van der Waals surface area contributed by atoms with Crippen LogP contribution in [0.2, 0.25) is 0 Å². The molecule has 0 saturated carbocycles. The van der Waals surface area contributed by atoms with Gasteiger partial charge in [-0.2, -0.15) is 4.98 Å². The average Bonchev–Trinajstić information content (AvgIpc) is 1.97. The van der Waals surface area contributed by atoms with Crippen LogP contribution in [-0.4, -0.2) is 14.9 Å². The van der Waals surface area contributed by atoms with Crippen molar-refractivity contribution in [2.45, 2.75) is 6.92 Å². The van der Waals surface area contributed by atoms with Gasteiger partial charge in [-0.3, -0.25) is 5.41 Å². The number of rotatable bonds is 0. The number of anilines is 2. The lowest BCUT2D eigenvalue weighted by atomic mass is 10.3. The van der Waals surface area contributed by atoms with Crippen LogP contribution in [0.4, 0.5) is 11.6 Å². The Balaban J connectivity index is 3.59. The highest BCUT2D eigenvalue weighted by Crippen LogP contribution is 2.10. The number of hydrogen-bond acceptors (Lipinski definition) is 5. The first-order chi connectivity index (χ1) is 5.04. The molecule has 0 spiro atoms. The van der Waals surface area contributed by atoms with Crippen molar-refractivity contribution in [2.24, 2.45) is 0 Å². The maximum absolute atomic E-state index is 9.00. The summed E-state index contributed by atoms with van der Waals surface area (Å²) < 4.78 is 0.478. The molecule has 1 aromatic rings. The molecule has 1 heterocycles. The zero-order valence-corrected chi connectivity index (χ0v) is 6.00. The van der Waals surface area contributed by atoms with Gasteiger partial charge in [0.25, 0.3) is 5.62 Å². The Morgan fingerprint density at radius 3 is 2.64 bits per heavy atom. The topological polar surface area (TPSA) is 114 Å². The van der Waals surface area contributed by atoms with Gasteiger partial charge in [0, 0.05) is 5.56 Å². The normalized spacial score (nSPS) is 9.91. The summed E-state index contributed by atoms with van der Waals surface area (Å²) in [6.45, 7) is 1.61. The molecule has 0 amide bonds. The lowest BCUT2D eigenvalue weighted by molar-refractivity contribution is 0.171. The van der Waals surface area contributed by atoms with Crippen molar-refractivity contribution < 1.29 is 5.21 Å². The Kier molecular flexibility index (Phi) is 1.45. The van der Waals surface area contributed by atoms with Crippen LogP contribution < -0.4 is 17.1 Å². The predicted molar refractivity (Wildman–Crippen MR) is 38.8 cm³/mol. The van der Waals surface area contributed by atoms with Gasteiger partial charge in [0.1, 0.15) is 5.82 Å². The quantitative estimate of drug-likeness (QED) is 0.362. The number of aromatic nitrogens is 2. The highest BCUT2D eigenvalue weighted by atomic mass is 16.5. The van der Waals surface area contributed by atoms with Crippen LogP contribution in [0.5, 0.6) is 0 Å². The molecule has 6 N–H and O–H groups in total. The van der Waals surface area contributed by atoms with Gasteiger partial charge >= 0.3 is 0 Å². The van der Waals surface area contributed by atoms with E-state index in [4.69, 9.17) is 22.1 Å². The molecule has 6 heteroatoms. The van der Waals surface area contributed by atoms with E-state index in [-0.39, 0.29) is 17.3 Å². The largest absolute Gasteiger partial charge is 0.423 e. The van der Waals surface area contributed by atoms with Crippen molar-refractivity contribution in [3.63, 3.8) is 0 Å². The second-order valence-electron chi connectivity index (χ2n) is 2.14. The number of nitrogen functional groups attached to an aromatic ring is 2. The zero-order valence-electron chi connectivity index (χ0n) is 6.00. The molecule has 60 valence electrons. The van der Waals surface area contributed by atoms with Crippen molar-refractivity contribution in [2.75, 3.05) is 11.5 Å². The Bertz CT molecular complexity index is 341. The fraction of sp³-hybridized carbons (Fsp3) is 0.200. The van der Waals surface area contributed by atoms with Gasteiger partial charge in [0.2, 0.25) is 0 Å². The third-order valence-corrected chi connectivity index (χ3v) is 1.42. The van der Waals surface area contributed by atoms with Crippen LogP contribution in [0.3, 0.4) is 0 Å². The first-order valence-electron chi connectivity index (χ1n) is 2.92. The van der Waals surface area contributed by atoms with Gasteiger partial charge < -0.3 is 16.7 Å². The lowest BCUT2D eigenvalue weighted by Gasteiger charge is -2.06. The van der Waals surface area contributed by atoms with Crippen molar-refractivity contribution in [1.82, 2.24) is 9.71 Å². The minimum absolute atomic E-state index is 0.0440. The fourth-order valence-corrected chi connectivity index (χ4v) is 0.649. The summed E-state index contributed by atoms with van der Waals surface area (Å²) in [4.78, 5) is 3.51. The Labute approximate surface area is 62.6 Å². The third kappa shape index (κ3) is 0.977. The summed E-state index contributed by atoms with van der Waals surface area (Å²) in [6, 6.07) is 0. The summed E-state index contributed by atoms with van der Waals surface area (Å²) in [5.41, 5.74) is 10.8. The van der Waals surface area contributed by atoms with Gasteiger partial charge in [-0.1, -0.05) is 0 Å². The van der Waals surface area contributed by atoms with Gasteiger partial charge in [0.15, 0.2) is 5.82 Å². The van der Waals surface area contributed by atoms with E-state index in [2.05, 4.69) is 4.98 Å². The van der Waals surface area contributed by atoms with Crippen LogP contribution in [0.1, 0.15) is 5.56 Å². The molecular formula is C5H9N5O. The molecule has 6 nitrogen and oxygen atoms in total. The number of nitrogens with one attached hydrogen (secondary N) is 1. The second kappa shape index (κ2) is 2.15. The van der Waals surface area contributed by atoms with Gasteiger partial charge in [-0.05, 0) is 6.92 Å². The van der Waals surface area contributed by atoms with Crippen LogP contribution in [0.15, 0.2) is 0 Å². The second-order valence-corrected chi connectivity index (χ2v) is 2.14. The molecule has 0 saturated heterocycles. The van der Waals surface area contributed by atoms with E-state index in [9.17, 15) is 0 Å². The average molecular weight is 155 g/mol. The molecule has 11 heavy (non-hydrogen) atoms. The molecule has 0 unspecified atom stereocenters. The Morgan fingerprint density at radius 2 is 2.09 bits per heavy atom. The summed E-state index contributed by atoms with van der Waals surface area (Å²) >= 11 is 0. The first kappa shape index (κ1) is 7.39. The fourth-order valence-electron chi connectivity index (χ4n) is 0.649. The molecule has 0 radical (unpaired) electrons. The predicted octanol–water partition coefficient (Wildman–Crippen LogP) is -0.927. The van der Waals surface area contributed by atoms with Crippen molar-refractivity contribution in [1.29, 1.82) is 5.41 Å². The molecule has 0 aliphatic rings. The molecule has 0 aliphatic heterocycles. The van der Waals surface area contributed by atoms with Crippen LogP contribution in [-0.2, 0) is 0 Å². The number of hydrogen-bond donors (Lipinski definition) is 4. The maximum Gasteiger partial charge on any atom is 0.259 e. The Morgan fingerprint density at radius 1 is 1.55 bits per heavy atom. The molecule has 0 aliphatic carbocycles. The van der Waals surface area contributed by atoms with Gasteiger partial charge in [-0.15, -0.1) is 4.73 Å². The third-order valence-electron chi connectivity index (χ3n) is 1.42. The summed E-state index contributed by atoms with van der Waals surface area (Å²) in [7, 11) is 0. The number of nitrogens with zero attached hydrogens (tertiary/aromatic N) is 2. The highest BCUT2D eigenvalue weighted by molar-refractivity contribution is 5.50. The SMILES string of the molecule is Cc1c(N)nc(=N)n(O)c1N. The van der Waals surface area contributed by atoms with E-state index in [0.29, 0.717) is 10.3 Å². The molecule has 0 fully saturated rings. The van der Waals surface area contributed by atoms with Crippen molar-refractivity contribution in [3.05, 3.63) is 11.2 Å². The minimum Gasteiger partial charge on any atom is -0.423 e. The zero-order chi connectivity index (χ0) is 8.59. The maximum atomic E-state index is 9.00. The molecule has 1 aromatic heterocycles. The van der Waals surface area contributed by atoms with E-state index in [1.54, 1.807) is 6.92 Å². The summed E-state index contributed by atoms with van der Waals surface area (Å²) in [6.07, 6.45) is 0. The Hall–Kier alpha value is -1.72. The van der Waals surface area contributed by atoms with Crippen molar-refractivity contribution in [3.8, 4) is 0 Å². The highest BCUT2D eigenvalue weighted by Gasteiger charge is 2.04. The smallest absolute Gasteiger partial charge is 0.259 e. The molecule has 0 aromatic carbocycles. The molecule has 0 bridgehead atoms. The summed E-state index contributed by atoms with van der Waals surface area (Å²) in [5, 5.41) is 16.0. The number of nitrogens with two attached hydrogens (primary N) is 2. The van der Waals surface area contributed by atoms with E-state index in [1.165, 1.54) is 0 Å². The minimum atomic E-state index is -0.370. The molecule has 1 rings (SSSR count). The van der Waals surface area contributed by atoms with E-state index in [0.717, 1.165) is 0 Å². The van der Waals surface area contributed by atoms with E-state index >= 15 is 0 Å². The molecule has 0 atom stereocenters. The summed E-state index contributed by atoms with van der Waals surface area (Å²) in [5.74, 6) is 0.209. The van der Waals surface area contributed by atoms with E-state index < -0.39 is 0 Å². The van der Waals surface area contributed by atoms with Crippen LogP contribution in [0, 0.1) is 12.3 Å².